The van der Waals surface area contributed by atoms with Gasteiger partial charge in [0, 0.05) is 22.8 Å². The summed E-state index contributed by atoms with van der Waals surface area (Å²) in [6.07, 6.45) is 0.634. The van der Waals surface area contributed by atoms with Crippen LogP contribution in [0.25, 0.3) is 0 Å². The van der Waals surface area contributed by atoms with E-state index >= 15 is 0 Å². The first-order valence-corrected chi connectivity index (χ1v) is 11.3. The number of halogens is 2. The summed E-state index contributed by atoms with van der Waals surface area (Å²) in [5, 5.41) is 0. The predicted molar refractivity (Wildman–Crippen MR) is 122 cm³/mol. The number of carbonyl (C=O) groups excluding carboxylic acids is 2. The molecule has 0 N–H and O–H groups in total. The quantitative estimate of drug-likeness (QED) is 0.432. The fraction of sp³-hybridized carbons (Fsp3) is 0.280. The van der Waals surface area contributed by atoms with E-state index in [1.807, 2.05) is 26.0 Å². The fourth-order valence-corrected chi connectivity index (χ4v) is 4.30. The van der Waals surface area contributed by atoms with Gasteiger partial charge in [-0.3, -0.25) is 9.59 Å². The third kappa shape index (κ3) is 6.23. The first kappa shape index (κ1) is 23.6. The Morgan fingerprint density at radius 3 is 2.25 bits per heavy atom. The normalized spacial score (nSPS) is 10.8. The largest absolute Gasteiger partial charge is 0.332 e. The average Bonchev–Trinajstić information content (AvgIpc) is 3.19. The van der Waals surface area contributed by atoms with Crippen LogP contribution in [0.3, 0.4) is 0 Å². The van der Waals surface area contributed by atoms with Crippen LogP contribution in [0.4, 0.5) is 8.78 Å². The molecule has 0 bridgehead atoms. The van der Waals surface area contributed by atoms with Crippen molar-refractivity contribution in [2.24, 2.45) is 0 Å². The van der Waals surface area contributed by atoms with Gasteiger partial charge in [-0.1, -0.05) is 31.2 Å². The van der Waals surface area contributed by atoms with Crippen molar-refractivity contribution in [3.05, 3.63) is 93.2 Å². The molecule has 2 aromatic carbocycles. The van der Waals surface area contributed by atoms with Gasteiger partial charge in [-0.15, -0.1) is 11.3 Å². The number of thiophene rings is 1. The van der Waals surface area contributed by atoms with Gasteiger partial charge in [0.05, 0.1) is 12.1 Å². The van der Waals surface area contributed by atoms with Crippen molar-refractivity contribution < 1.29 is 18.4 Å². The zero-order valence-electron chi connectivity index (χ0n) is 18.2. The number of amides is 2. The summed E-state index contributed by atoms with van der Waals surface area (Å²) < 4.78 is 27.5. The lowest BCUT2D eigenvalue weighted by atomic mass is 10.1. The van der Waals surface area contributed by atoms with Crippen LogP contribution in [0.2, 0.25) is 0 Å². The van der Waals surface area contributed by atoms with Gasteiger partial charge >= 0.3 is 0 Å². The minimum Gasteiger partial charge on any atom is -0.332 e. The molecule has 32 heavy (non-hydrogen) atoms. The van der Waals surface area contributed by atoms with Crippen molar-refractivity contribution in [2.75, 3.05) is 13.1 Å². The SMILES string of the molecule is CCCN(CC(=O)N(Cc1ccc(F)cc1)Cc1ccc(C)s1)C(=O)c1ccccc1F. The number of rotatable bonds is 9. The van der Waals surface area contributed by atoms with Gasteiger partial charge in [0.15, 0.2) is 0 Å². The lowest BCUT2D eigenvalue weighted by Crippen LogP contribution is -2.43. The third-order valence-electron chi connectivity index (χ3n) is 4.99. The van der Waals surface area contributed by atoms with Crippen molar-refractivity contribution >= 4 is 23.2 Å². The van der Waals surface area contributed by atoms with Gasteiger partial charge in [0.1, 0.15) is 18.2 Å². The average molecular weight is 457 g/mol. The van der Waals surface area contributed by atoms with Crippen molar-refractivity contribution in [3.8, 4) is 0 Å². The van der Waals surface area contributed by atoms with Crippen LogP contribution in [0.5, 0.6) is 0 Å². The first-order valence-electron chi connectivity index (χ1n) is 10.5. The monoisotopic (exact) mass is 456 g/mol. The Balaban J connectivity index is 1.81. The molecule has 7 heteroatoms. The van der Waals surface area contributed by atoms with E-state index < -0.39 is 11.7 Å². The molecule has 1 aromatic heterocycles. The number of hydrogen-bond donors (Lipinski definition) is 0. The van der Waals surface area contributed by atoms with Gasteiger partial charge in [-0.2, -0.15) is 0 Å². The summed E-state index contributed by atoms with van der Waals surface area (Å²) >= 11 is 1.60. The predicted octanol–water partition coefficient (Wildman–Crippen LogP) is 5.42. The maximum Gasteiger partial charge on any atom is 0.257 e. The van der Waals surface area contributed by atoms with E-state index in [1.165, 1.54) is 35.2 Å². The summed E-state index contributed by atoms with van der Waals surface area (Å²) in [4.78, 5) is 31.4. The number of benzene rings is 2. The highest BCUT2D eigenvalue weighted by Gasteiger charge is 2.24. The molecule has 0 saturated heterocycles. The van der Waals surface area contributed by atoms with Crippen molar-refractivity contribution in [1.29, 1.82) is 0 Å². The molecule has 0 saturated carbocycles. The smallest absolute Gasteiger partial charge is 0.257 e. The Bertz CT molecular complexity index is 1070. The van der Waals surface area contributed by atoms with E-state index in [0.29, 0.717) is 19.5 Å². The Hall–Kier alpha value is -3.06. The van der Waals surface area contributed by atoms with Crippen LogP contribution in [-0.2, 0) is 17.9 Å². The van der Waals surface area contributed by atoms with E-state index in [9.17, 15) is 18.4 Å². The van der Waals surface area contributed by atoms with Crippen LogP contribution in [0.15, 0.2) is 60.7 Å². The minimum absolute atomic E-state index is 0.0484. The maximum absolute atomic E-state index is 14.2. The minimum atomic E-state index is -0.608. The first-order chi connectivity index (χ1) is 15.4. The highest BCUT2D eigenvalue weighted by atomic mass is 32.1. The lowest BCUT2D eigenvalue weighted by Gasteiger charge is -2.27. The molecule has 168 valence electrons. The Morgan fingerprint density at radius 2 is 1.62 bits per heavy atom. The third-order valence-corrected chi connectivity index (χ3v) is 5.98. The van der Waals surface area contributed by atoms with Crippen LogP contribution >= 0.6 is 11.3 Å². The summed E-state index contributed by atoms with van der Waals surface area (Å²) in [7, 11) is 0. The molecular weight excluding hydrogens is 430 g/mol. The molecule has 3 rings (SSSR count). The number of hydrogen-bond acceptors (Lipinski definition) is 3. The van der Waals surface area contributed by atoms with Gasteiger partial charge in [0.2, 0.25) is 5.91 Å². The summed E-state index contributed by atoms with van der Waals surface area (Å²) in [6, 6.07) is 15.8. The fourth-order valence-electron chi connectivity index (χ4n) is 3.39. The molecule has 4 nitrogen and oxygen atoms in total. The molecule has 0 spiro atoms. The Labute approximate surface area is 191 Å². The second kappa shape index (κ2) is 11.0. The molecule has 0 atom stereocenters. The number of nitrogens with zero attached hydrogens (tertiary/aromatic N) is 2. The van der Waals surface area contributed by atoms with Crippen LogP contribution in [0, 0.1) is 18.6 Å². The second-order valence-corrected chi connectivity index (χ2v) is 8.97. The highest BCUT2D eigenvalue weighted by molar-refractivity contribution is 7.11. The van der Waals surface area contributed by atoms with Gasteiger partial charge in [-0.25, -0.2) is 8.78 Å². The topological polar surface area (TPSA) is 40.6 Å². The Morgan fingerprint density at radius 1 is 0.906 bits per heavy atom. The van der Waals surface area contributed by atoms with E-state index in [0.717, 1.165) is 15.3 Å². The maximum atomic E-state index is 14.2. The molecule has 2 amide bonds. The zero-order chi connectivity index (χ0) is 23.1. The molecule has 0 unspecified atom stereocenters. The van der Waals surface area contributed by atoms with E-state index in [4.69, 9.17) is 0 Å². The van der Waals surface area contributed by atoms with E-state index in [1.54, 1.807) is 34.4 Å². The molecule has 0 aliphatic heterocycles. The molecular formula is C25H26F2N2O2S. The van der Waals surface area contributed by atoms with Gasteiger partial charge in [0.25, 0.3) is 5.91 Å². The van der Waals surface area contributed by atoms with Crippen LogP contribution in [-0.4, -0.2) is 34.7 Å². The number of aryl methyl sites for hydroxylation is 1. The molecule has 0 aliphatic carbocycles. The Kier molecular flexibility index (Phi) is 8.11. The lowest BCUT2D eigenvalue weighted by molar-refractivity contribution is -0.133. The van der Waals surface area contributed by atoms with Crippen molar-refractivity contribution in [1.82, 2.24) is 9.80 Å². The molecule has 0 radical (unpaired) electrons. The molecule has 1 heterocycles. The molecule has 3 aromatic rings. The second-order valence-electron chi connectivity index (χ2n) is 7.60. The molecule has 0 fully saturated rings. The van der Waals surface area contributed by atoms with Crippen molar-refractivity contribution in [3.63, 3.8) is 0 Å². The number of carbonyl (C=O) groups is 2. The summed E-state index contributed by atoms with van der Waals surface area (Å²) in [6.45, 7) is 4.73. The molecule has 0 aliphatic rings. The van der Waals surface area contributed by atoms with Crippen LogP contribution in [0.1, 0.15) is 39.0 Å². The van der Waals surface area contributed by atoms with Gasteiger partial charge in [-0.05, 0) is 55.3 Å². The zero-order valence-corrected chi connectivity index (χ0v) is 19.0. The highest BCUT2D eigenvalue weighted by Crippen LogP contribution is 2.20. The standard InChI is InChI=1S/C25H26F2N2O2S/c1-3-14-28(25(31)22-6-4-5-7-23(22)27)17-24(30)29(16-21-13-8-18(2)32-21)15-19-9-11-20(26)12-10-19/h4-13H,3,14-17H2,1-2H3. The van der Waals surface area contributed by atoms with Crippen LogP contribution < -0.4 is 0 Å². The van der Waals surface area contributed by atoms with E-state index in [-0.39, 0.29) is 30.4 Å². The summed E-state index contributed by atoms with van der Waals surface area (Å²) in [5.41, 5.74) is 0.739. The van der Waals surface area contributed by atoms with Gasteiger partial charge < -0.3 is 9.80 Å². The van der Waals surface area contributed by atoms with E-state index in [2.05, 4.69) is 0 Å². The summed E-state index contributed by atoms with van der Waals surface area (Å²) in [5.74, 6) is -1.71. The van der Waals surface area contributed by atoms with Crippen molar-refractivity contribution in [2.45, 2.75) is 33.4 Å².